The predicted octanol–water partition coefficient (Wildman–Crippen LogP) is 3.05. The standard InChI is InChI=1S/C22H23N5O3/c1-13-19(21-26-25-20(30-21)16-6-4-5-7-18(16)28)24-17(12-23-13)14-8-10-15(11-9-14)22(29)27(2)3/h4-10,12,15,22,28-29H,11H2,1-3H3. The number of allylic oxidation sites excluding steroid dienone is 3. The van der Waals surface area contributed by atoms with E-state index in [2.05, 4.69) is 20.2 Å². The summed E-state index contributed by atoms with van der Waals surface area (Å²) in [5, 5.41) is 28.4. The third kappa shape index (κ3) is 3.87. The Morgan fingerprint density at radius 2 is 1.93 bits per heavy atom. The van der Waals surface area contributed by atoms with E-state index in [-0.39, 0.29) is 23.4 Å². The molecule has 2 aromatic heterocycles. The predicted molar refractivity (Wildman–Crippen MR) is 112 cm³/mol. The van der Waals surface area contributed by atoms with Gasteiger partial charge in [0.2, 0.25) is 0 Å². The molecular formula is C22H23N5O3. The SMILES string of the molecule is Cc1ncc(C2=CCC(C(O)N(C)C)C=C2)nc1-c1nnc(-c2ccccc2O)o1. The smallest absolute Gasteiger partial charge is 0.268 e. The highest BCUT2D eigenvalue weighted by molar-refractivity contribution is 5.73. The Kier molecular flexibility index (Phi) is 5.43. The van der Waals surface area contributed by atoms with Crippen LogP contribution >= 0.6 is 0 Å². The zero-order valence-electron chi connectivity index (χ0n) is 17.0. The van der Waals surface area contributed by atoms with Gasteiger partial charge >= 0.3 is 0 Å². The van der Waals surface area contributed by atoms with E-state index in [0.717, 1.165) is 5.57 Å². The first-order chi connectivity index (χ1) is 14.4. The molecule has 2 atom stereocenters. The largest absolute Gasteiger partial charge is 0.507 e. The van der Waals surface area contributed by atoms with E-state index in [9.17, 15) is 10.2 Å². The summed E-state index contributed by atoms with van der Waals surface area (Å²) in [5.41, 5.74) is 3.22. The number of aromatic nitrogens is 4. The van der Waals surface area contributed by atoms with Crippen molar-refractivity contribution in [2.75, 3.05) is 14.1 Å². The van der Waals surface area contributed by atoms with Crippen LogP contribution in [0.1, 0.15) is 17.8 Å². The fourth-order valence-electron chi connectivity index (χ4n) is 3.30. The van der Waals surface area contributed by atoms with Gasteiger partial charge in [-0.15, -0.1) is 10.2 Å². The molecule has 1 aromatic carbocycles. The van der Waals surface area contributed by atoms with Crippen molar-refractivity contribution < 1.29 is 14.6 Å². The highest BCUT2D eigenvalue weighted by Crippen LogP contribution is 2.31. The number of rotatable bonds is 5. The second-order valence-corrected chi connectivity index (χ2v) is 7.41. The number of aromatic hydroxyl groups is 1. The fourth-order valence-corrected chi connectivity index (χ4v) is 3.30. The highest BCUT2D eigenvalue weighted by atomic mass is 16.4. The van der Waals surface area contributed by atoms with Gasteiger partial charge in [-0.3, -0.25) is 9.88 Å². The lowest BCUT2D eigenvalue weighted by Gasteiger charge is -2.26. The minimum absolute atomic E-state index is 0.0266. The third-order valence-corrected chi connectivity index (χ3v) is 5.06. The van der Waals surface area contributed by atoms with Crippen molar-refractivity contribution in [2.45, 2.75) is 19.6 Å². The lowest BCUT2D eigenvalue weighted by molar-refractivity contribution is 0.00664. The van der Waals surface area contributed by atoms with Gasteiger partial charge in [-0.25, -0.2) is 4.98 Å². The number of aliphatic hydroxyl groups is 1. The molecule has 0 amide bonds. The number of hydrogen-bond acceptors (Lipinski definition) is 8. The Morgan fingerprint density at radius 1 is 1.17 bits per heavy atom. The minimum atomic E-state index is -0.537. The van der Waals surface area contributed by atoms with Crippen molar-refractivity contribution >= 4 is 5.57 Å². The molecule has 30 heavy (non-hydrogen) atoms. The zero-order chi connectivity index (χ0) is 21.3. The molecule has 0 saturated heterocycles. The Labute approximate surface area is 174 Å². The molecule has 8 heteroatoms. The molecule has 0 aliphatic heterocycles. The van der Waals surface area contributed by atoms with E-state index < -0.39 is 6.23 Å². The summed E-state index contributed by atoms with van der Waals surface area (Å²) in [6.07, 6.45) is 7.86. The number of aryl methyl sites for hydroxylation is 1. The van der Waals surface area contributed by atoms with Gasteiger partial charge in [-0.05, 0) is 45.1 Å². The minimum Gasteiger partial charge on any atom is -0.507 e. The summed E-state index contributed by atoms with van der Waals surface area (Å²) < 4.78 is 5.77. The van der Waals surface area contributed by atoms with Crippen LogP contribution in [0.4, 0.5) is 0 Å². The molecule has 0 fully saturated rings. The van der Waals surface area contributed by atoms with Crippen LogP contribution in [0.15, 0.2) is 53.1 Å². The van der Waals surface area contributed by atoms with E-state index in [4.69, 9.17) is 4.42 Å². The van der Waals surface area contributed by atoms with Crippen molar-refractivity contribution in [2.24, 2.45) is 5.92 Å². The van der Waals surface area contributed by atoms with Crippen LogP contribution in [-0.2, 0) is 0 Å². The van der Waals surface area contributed by atoms with Crippen LogP contribution in [-0.4, -0.2) is 55.6 Å². The van der Waals surface area contributed by atoms with Gasteiger partial charge in [0, 0.05) is 5.92 Å². The summed E-state index contributed by atoms with van der Waals surface area (Å²) in [7, 11) is 3.70. The van der Waals surface area contributed by atoms with Gasteiger partial charge in [-0.2, -0.15) is 0 Å². The molecule has 0 saturated carbocycles. The van der Waals surface area contributed by atoms with Crippen molar-refractivity contribution in [3.63, 3.8) is 0 Å². The second-order valence-electron chi connectivity index (χ2n) is 7.41. The van der Waals surface area contributed by atoms with E-state index in [0.29, 0.717) is 29.1 Å². The summed E-state index contributed by atoms with van der Waals surface area (Å²) in [6.45, 7) is 1.82. The maximum atomic E-state index is 10.2. The molecular weight excluding hydrogens is 382 g/mol. The van der Waals surface area contributed by atoms with Gasteiger partial charge in [0.15, 0.2) is 0 Å². The summed E-state index contributed by atoms with van der Waals surface area (Å²) in [5.74, 6) is 0.545. The maximum absolute atomic E-state index is 10.2. The van der Waals surface area contributed by atoms with Crippen LogP contribution in [0, 0.1) is 12.8 Å². The van der Waals surface area contributed by atoms with E-state index >= 15 is 0 Å². The molecule has 0 bridgehead atoms. The number of benzene rings is 1. The summed E-state index contributed by atoms with van der Waals surface area (Å²) in [4.78, 5) is 10.9. The van der Waals surface area contributed by atoms with Gasteiger partial charge in [0.25, 0.3) is 11.8 Å². The maximum Gasteiger partial charge on any atom is 0.268 e. The van der Waals surface area contributed by atoms with E-state index in [1.807, 2.05) is 39.2 Å². The lowest BCUT2D eigenvalue weighted by atomic mass is 9.93. The number of nitrogens with zero attached hydrogens (tertiary/aromatic N) is 5. The topological polar surface area (TPSA) is 108 Å². The number of phenolic OH excluding ortho intramolecular Hbond substituents is 1. The molecule has 2 heterocycles. The van der Waals surface area contributed by atoms with E-state index in [1.54, 1.807) is 35.4 Å². The molecule has 2 unspecified atom stereocenters. The Bertz CT molecular complexity index is 1120. The Balaban J connectivity index is 1.61. The molecule has 1 aliphatic carbocycles. The van der Waals surface area contributed by atoms with Crippen LogP contribution < -0.4 is 0 Å². The highest BCUT2D eigenvalue weighted by Gasteiger charge is 2.22. The number of para-hydroxylation sites is 1. The zero-order valence-corrected chi connectivity index (χ0v) is 17.0. The number of aliphatic hydroxyl groups excluding tert-OH is 1. The fraction of sp³-hybridized carbons (Fsp3) is 0.273. The molecule has 8 nitrogen and oxygen atoms in total. The first-order valence-corrected chi connectivity index (χ1v) is 9.63. The van der Waals surface area contributed by atoms with Gasteiger partial charge < -0.3 is 14.6 Å². The molecule has 2 N–H and O–H groups in total. The van der Waals surface area contributed by atoms with Gasteiger partial charge in [-0.1, -0.05) is 30.4 Å². The summed E-state index contributed by atoms with van der Waals surface area (Å²) in [6, 6.07) is 6.78. The number of phenols is 1. The Morgan fingerprint density at radius 3 is 2.63 bits per heavy atom. The van der Waals surface area contributed by atoms with Gasteiger partial charge in [0.1, 0.15) is 17.7 Å². The third-order valence-electron chi connectivity index (χ3n) is 5.06. The van der Waals surface area contributed by atoms with Crippen molar-refractivity contribution in [1.29, 1.82) is 0 Å². The molecule has 4 rings (SSSR count). The van der Waals surface area contributed by atoms with Crippen LogP contribution in [0.5, 0.6) is 5.75 Å². The lowest BCUT2D eigenvalue weighted by Crippen LogP contribution is -2.34. The average Bonchev–Trinajstić information content (AvgIpc) is 3.23. The van der Waals surface area contributed by atoms with E-state index in [1.165, 1.54) is 0 Å². The quantitative estimate of drug-likeness (QED) is 0.624. The van der Waals surface area contributed by atoms with Crippen molar-refractivity contribution in [3.05, 3.63) is 60.1 Å². The molecule has 1 aliphatic rings. The molecule has 154 valence electrons. The van der Waals surface area contributed by atoms with Gasteiger partial charge in [0.05, 0.1) is 23.1 Å². The number of hydrogen-bond donors (Lipinski definition) is 2. The monoisotopic (exact) mass is 405 g/mol. The Hall–Kier alpha value is -3.36. The van der Waals surface area contributed by atoms with Crippen molar-refractivity contribution in [3.8, 4) is 28.8 Å². The van der Waals surface area contributed by atoms with Crippen LogP contribution in [0.25, 0.3) is 28.6 Å². The summed E-state index contributed by atoms with van der Waals surface area (Å²) >= 11 is 0. The molecule has 3 aromatic rings. The first kappa shape index (κ1) is 19.9. The van der Waals surface area contributed by atoms with Crippen LogP contribution in [0.2, 0.25) is 0 Å². The molecule has 0 spiro atoms. The van der Waals surface area contributed by atoms with Crippen LogP contribution in [0.3, 0.4) is 0 Å². The second kappa shape index (κ2) is 8.17. The van der Waals surface area contributed by atoms with Crippen molar-refractivity contribution in [1.82, 2.24) is 25.1 Å². The first-order valence-electron chi connectivity index (χ1n) is 9.63. The normalized spacial score (nSPS) is 17.2. The molecule has 0 radical (unpaired) electrons. The average molecular weight is 405 g/mol.